The van der Waals surface area contributed by atoms with Gasteiger partial charge in [-0.15, -0.1) is 0 Å². The zero-order valence-electron chi connectivity index (χ0n) is 11.8. The molecular weight excluding hydrogens is 238 g/mol. The molecule has 0 unspecified atom stereocenters. The summed E-state index contributed by atoms with van der Waals surface area (Å²) in [5.41, 5.74) is 13.1. The molecule has 0 spiro atoms. The smallest absolute Gasteiger partial charge is 0.231 e. The van der Waals surface area contributed by atoms with Crippen molar-refractivity contribution < 1.29 is 4.79 Å². The number of para-hydroxylation sites is 1. The average Bonchev–Trinajstić information content (AvgIpc) is 2.36. The van der Waals surface area contributed by atoms with Crippen LogP contribution in [0, 0.1) is 0 Å². The Bertz CT molecular complexity index is 393. The molecule has 0 heterocycles. The normalized spacial score (nSPS) is 10.8. The number of hydrogen-bond acceptors (Lipinski definition) is 3. The van der Waals surface area contributed by atoms with Gasteiger partial charge in [0.25, 0.3) is 0 Å². The SMILES string of the molecule is CCCCCCN(CC(N)=O)Cc1ccccc1N. The fraction of sp³-hybridized carbons (Fsp3) is 0.533. The van der Waals surface area contributed by atoms with Crippen LogP contribution in [0.3, 0.4) is 0 Å². The minimum absolute atomic E-state index is 0.287. The highest BCUT2D eigenvalue weighted by Crippen LogP contribution is 2.14. The number of hydrogen-bond donors (Lipinski definition) is 2. The fourth-order valence-electron chi connectivity index (χ4n) is 2.12. The number of rotatable bonds is 9. The van der Waals surface area contributed by atoms with Crippen LogP contribution < -0.4 is 11.5 Å². The van der Waals surface area contributed by atoms with Gasteiger partial charge in [0.1, 0.15) is 0 Å². The predicted octanol–water partition coefficient (Wildman–Crippen LogP) is 2.14. The lowest BCUT2D eigenvalue weighted by Gasteiger charge is -2.21. The first-order chi connectivity index (χ1) is 9.13. The third-order valence-corrected chi connectivity index (χ3v) is 3.16. The van der Waals surface area contributed by atoms with Crippen LogP contribution in [0.4, 0.5) is 5.69 Å². The van der Waals surface area contributed by atoms with E-state index in [9.17, 15) is 4.79 Å². The van der Waals surface area contributed by atoms with Crippen LogP contribution in [0.5, 0.6) is 0 Å². The number of nitrogen functional groups attached to an aromatic ring is 1. The highest BCUT2D eigenvalue weighted by molar-refractivity contribution is 5.75. The van der Waals surface area contributed by atoms with Crippen molar-refractivity contribution in [2.45, 2.75) is 39.2 Å². The highest BCUT2D eigenvalue weighted by Gasteiger charge is 2.10. The number of unbranched alkanes of at least 4 members (excludes halogenated alkanes) is 3. The molecule has 0 aromatic heterocycles. The van der Waals surface area contributed by atoms with Gasteiger partial charge in [0, 0.05) is 12.2 Å². The van der Waals surface area contributed by atoms with E-state index in [1.165, 1.54) is 19.3 Å². The molecule has 0 saturated heterocycles. The van der Waals surface area contributed by atoms with E-state index in [1.54, 1.807) is 0 Å². The van der Waals surface area contributed by atoms with Crippen molar-refractivity contribution in [2.75, 3.05) is 18.8 Å². The number of nitrogens with two attached hydrogens (primary N) is 2. The monoisotopic (exact) mass is 263 g/mol. The van der Waals surface area contributed by atoms with Crippen molar-refractivity contribution >= 4 is 11.6 Å². The van der Waals surface area contributed by atoms with Crippen LogP contribution in [0.1, 0.15) is 38.2 Å². The van der Waals surface area contributed by atoms with E-state index < -0.39 is 0 Å². The molecule has 4 nitrogen and oxygen atoms in total. The Balaban J connectivity index is 2.53. The Labute approximate surface area is 115 Å². The van der Waals surface area contributed by atoms with Gasteiger partial charge in [-0.1, -0.05) is 44.4 Å². The van der Waals surface area contributed by atoms with E-state index in [1.807, 2.05) is 24.3 Å². The molecule has 0 bridgehead atoms. The summed E-state index contributed by atoms with van der Waals surface area (Å²) in [6.07, 6.45) is 4.73. The van der Waals surface area contributed by atoms with E-state index in [4.69, 9.17) is 11.5 Å². The Hall–Kier alpha value is -1.55. The third-order valence-electron chi connectivity index (χ3n) is 3.16. The van der Waals surface area contributed by atoms with Crippen LogP contribution in [-0.2, 0) is 11.3 Å². The molecule has 19 heavy (non-hydrogen) atoms. The minimum atomic E-state index is -0.287. The van der Waals surface area contributed by atoms with Crippen LogP contribution in [0.25, 0.3) is 0 Å². The minimum Gasteiger partial charge on any atom is -0.398 e. The summed E-state index contributed by atoms with van der Waals surface area (Å²) in [4.78, 5) is 13.2. The number of nitrogens with zero attached hydrogens (tertiary/aromatic N) is 1. The number of anilines is 1. The molecule has 1 aromatic carbocycles. The van der Waals surface area contributed by atoms with Crippen molar-refractivity contribution in [3.8, 4) is 0 Å². The molecule has 106 valence electrons. The van der Waals surface area contributed by atoms with Crippen LogP contribution in [0.2, 0.25) is 0 Å². The first kappa shape index (κ1) is 15.5. The van der Waals surface area contributed by atoms with Gasteiger partial charge < -0.3 is 11.5 Å². The molecule has 0 saturated carbocycles. The Morgan fingerprint density at radius 1 is 1.21 bits per heavy atom. The molecule has 1 amide bonds. The molecule has 0 atom stereocenters. The average molecular weight is 263 g/mol. The quantitative estimate of drug-likeness (QED) is 0.529. The lowest BCUT2D eigenvalue weighted by molar-refractivity contribution is -0.119. The van der Waals surface area contributed by atoms with Crippen molar-refractivity contribution in [1.82, 2.24) is 4.90 Å². The largest absolute Gasteiger partial charge is 0.398 e. The summed E-state index contributed by atoms with van der Waals surface area (Å²) in [5.74, 6) is -0.287. The van der Waals surface area contributed by atoms with Crippen LogP contribution >= 0.6 is 0 Å². The summed E-state index contributed by atoms with van der Waals surface area (Å²) in [6.45, 7) is 4.05. The second kappa shape index (κ2) is 8.53. The first-order valence-corrected chi connectivity index (χ1v) is 6.97. The van der Waals surface area contributed by atoms with Crippen molar-refractivity contribution in [2.24, 2.45) is 5.73 Å². The number of primary amides is 1. The molecule has 4 N–H and O–H groups in total. The van der Waals surface area contributed by atoms with E-state index in [-0.39, 0.29) is 5.91 Å². The molecule has 1 aromatic rings. The van der Waals surface area contributed by atoms with Gasteiger partial charge in [-0.25, -0.2) is 0 Å². The Morgan fingerprint density at radius 2 is 1.95 bits per heavy atom. The topological polar surface area (TPSA) is 72.3 Å². The molecule has 0 radical (unpaired) electrons. The molecule has 0 aliphatic rings. The first-order valence-electron chi connectivity index (χ1n) is 6.97. The van der Waals surface area contributed by atoms with Crippen LogP contribution in [-0.4, -0.2) is 23.9 Å². The zero-order valence-corrected chi connectivity index (χ0v) is 11.8. The molecule has 4 heteroatoms. The standard InChI is InChI=1S/C15H25N3O/c1-2-3-4-7-10-18(12-15(17)19)11-13-8-5-6-9-14(13)16/h5-6,8-9H,2-4,7,10-12,16H2,1H3,(H2,17,19). The maximum Gasteiger partial charge on any atom is 0.231 e. The predicted molar refractivity (Wildman–Crippen MR) is 79.5 cm³/mol. The van der Waals surface area contributed by atoms with Crippen LogP contribution in [0.15, 0.2) is 24.3 Å². The maximum absolute atomic E-state index is 11.1. The Morgan fingerprint density at radius 3 is 2.58 bits per heavy atom. The fourth-order valence-corrected chi connectivity index (χ4v) is 2.12. The molecule has 1 rings (SSSR count). The van der Waals surface area contributed by atoms with E-state index >= 15 is 0 Å². The van der Waals surface area contributed by atoms with Gasteiger partial charge in [-0.05, 0) is 24.6 Å². The second-order valence-electron chi connectivity index (χ2n) is 4.94. The van der Waals surface area contributed by atoms with E-state index in [2.05, 4.69) is 11.8 Å². The third kappa shape index (κ3) is 6.25. The molecular formula is C15H25N3O. The van der Waals surface area contributed by atoms with Crippen molar-refractivity contribution in [3.63, 3.8) is 0 Å². The zero-order chi connectivity index (χ0) is 14.1. The van der Waals surface area contributed by atoms with Gasteiger partial charge in [-0.2, -0.15) is 0 Å². The number of benzene rings is 1. The number of amides is 1. The summed E-state index contributed by atoms with van der Waals surface area (Å²) in [5, 5.41) is 0. The van der Waals surface area contributed by atoms with Crippen molar-refractivity contribution in [1.29, 1.82) is 0 Å². The summed E-state index contributed by atoms with van der Waals surface area (Å²) < 4.78 is 0. The van der Waals surface area contributed by atoms with Gasteiger partial charge in [0.15, 0.2) is 0 Å². The number of carbonyl (C=O) groups excluding carboxylic acids is 1. The second-order valence-corrected chi connectivity index (χ2v) is 4.94. The van der Waals surface area contributed by atoms with E-state index in [0.717, 1.165) is 24.2 Å². The molecule has 0 fully saturated rings. The summed E-state index contributed by atoms with van der Waals surface area (Å²) >= 11 is 0. The summed E-state index contributed by atoms with van der Waals surface area (Å²) in [6, 6.07) is 7.76. The van der Waals surface area contributed by atoms with Gasteiger partial charge in [0.2, 0.25) is 5.91 Å². The Kier molecular flexibility index (Phi) is 6.97. The lowest BCUT2D eigenvalue weighted by Crippen LogP contribution is -2.34. The van der Waals surface area contributed by atoms with E-state index in [0.29, 0.717) is 13.1 Å². The molecule has 0 aliphatic carbocycles. The number of carbonyl (C=O) groups is 1. The van der Waals surface area contributed by atoms with Gasteiger partial charge >= 0.3 is 0 Å². The van der Waals surface area contributed by atoms with Gasteiger partial charge in [-0.3, -0.25) is 9.69 Å². The highest BCUT2D eigenvalue weighted by atomic mass is 16.1. The maximum atomic E-state index is 11.1. The molecule has 0 aliphatic heterocycles. The van der Waals surface area contributed by atoms with Crippen molar-refractivity contribution in [3.05, 3.63) is 29.8 Å². The van der Waals surface area contributed by atoms with Gasteiger partial charge in [0.05, 0.1) is 6.54 Å². The lowest BCUT2D eigenvalue weighted by atomic mass is 10.1. The summed E-state index contributed by atoms with van der Waals surface area (Å²) in [7, 11) is 0.